The molecular weight excluding hydrogens is 180 g/mol. The van der Waals surface area contributed by atoms with Crippen LogP contribution >= 0.6 is 0 Å². The molecule has 1 spiro atoms. The van der Waals surface area contributed by atoms with E-state index in [2.05, 4.69) is 0 Å². The molecule has 2 rings (SSSR count). The van der Waals surface area contributed by atoms with E-state index in [0.29, 0.717) is 19.6 Å². The minimum absolute atomic E-state index is 0.0255. The summed E-state index contributed by atoms with van der Waals surface area (Å²) in [6, 6.07) is 0. The molecule has 1 saturated heterocycles. The Morgan fingerprint density at radius 3 is 2.64 bits per heavy atom. The van der Waals surface area contributed by atoms with Crippen LogP contribution in [0.5, 0.6) is 0 Å². The predicted molar refractivity (Wildman–Crippen MR) is 52.1 cm³/mol. The van der Waals surface area contributed by atoms with Gasteiger partial charge < -0.3 is 9.84 Å². The quantitative estimate of drug-likeness (QED) is 0.701. The molecule has 1 saturated carbocycles. The summed E-state index contributed by atoms with van der Waals surface area (Å²) in [7, 11) is 0. The van der Waals surface area contributed by atoms with Gasteiger partial charge >= 0.3 is 5.97 Å². The largest absolute Gasteiger partial charge is 0.481 e. The number of hydrogen-bond donors (Lipinski definition) is 1. The molecule has 0 aromatic heterocycles. The summed E-state index contributed by atoms with van der Waals surface area (Å²) in [5, 5.41) is 9.20. The Labute approximate surface area is 84.4 Å². The highest BCUT2D eigenvalue weighted by Gasteiger charge is 2.45. The molecule has 3 heteroatoms. The van der Waals surface area contributed by atoms with Crippen molar-refractivity contribution in [3.63, 3.8) is 0 Å². The van der Waals surface area contributed by atoms with Crippen molar-refractivity contribution in [3.8, 4) is 0 Å². The Hall–Kier alpha value is -0.570. The lowest BCUT2D eigenvalue weighted by Crippen LogP contribution is -2.45. The molecule has 0 bridgehead atoms. The van der Waals surface area contributed by atoms with Crippen LogP contribution in [0.1, 0.15) is 38.5 Å². The van der Waals surface area contributed by atoms with Crippen LogP contribution in [0.4, 0.5) is 0 Å². The summed E-state index contributed by atoms with van der Waals surface area (Å²) < 4.78 is 5.48. The number of carboxylic acids is 1. The van der Waals surface area contributed by atoms with Crippen molar-refractivity contribution >= 4 is 5.97 Å². The highest BCUT2D eigenvalue weighted by atomic mass is 16.5. The maximum atomic E-state index is 11.2. The van der Waals surface area contributed by atoms with Crippen molar-refractivity contribution < 1.29 is 14.6 Å². The van der Waals surface area contributed by atoms with Gasteiger partial charge in [0.25, 0.3) is 0 Å². The fourth-order valence-electron chi connectivity index (χ4n) is 3.02. The van der Waals surface area contributed by atoms with Gasteiger partial charge in [0.15, 0.2) is 0 Å². The minimum atomic E-state index is -0.616. The van der Waals surface area contributed by atoms with Gasteiger partial charge in [-0.1, -0.05) is 19.3 Å². The summed E-state index contributed by atoms with van der Waals surface area (Å²) in [6.07, 6.45) is 6.40. The number of aliphatic carboxylic acids is 1. The van der Waals surface area contributed by atoms with Gasteiger partial charge in [-0.25, -0.2) is 0 Å². The van der Waals surface area contributed by atoms with Crippen LogP contribution in [0.3, 0.4) is 0 Å². The molecule has 0 aromatic carbocycles. The fraction of sp³-hybridized carbons (Fsp3) is 0.909. The summed E-state index contributed by atoms with van der Waals surface area (Å²) >= 11 is 0. The van der Waals surface area contributed by atoms with Crippen molar-refractivity contribution in [2.75, 3.05) is 13.2 Å². The first-order chi connectivity index (χ1) is 6.75. The molecular formula is C11H18O3. The average Bonchev–Trinajstić information content (AvgIpc) is 2.19. The van der Waals surface area contributed by atoms with Crippen LogP contribution in [0.25, 0.3) is 0 Å². The number of rotatable bonds is 1. The highest BCUT2D eigenvalue weighted by Crippen LogP contribution is 2.46. The summed E-state index contributed by atoms with van der Waals surface area (Å²) in [5.74, 6) is -0.772. The number of carboxylic acid groups (broad SMARTS) is 1. The molecule has 1 heterocycles. The van der Waals surface area contributed by atoms with Gasteiger partial charge in [0.05, 0.1) is 12.5 Å². The second-order valence-electron chi connectivity index (χ2n) is 4.66. The molecule has 0 aromatic rings. The van der Waals surface area contributed by atoms with Crippen molar-refractivity contribution in [2.45, 2.75) is 38.5 Å². The lowest BCUT2D eigenvalue weighted by Gasteiger charge is -2.44. The molecule has 0 amide bonds. The lowest BCUT2D eigenvalue weighted by atomic mass is 9.64. The standard InChI is InChI=1S/C11H18O3/c12-10(13)9-4-7-14-8-11(9)5-2-1-3-6-11/h9H,1-8H2,(H,12,13). The molecule has 1 aliphatic carbocycles. The topological polar surface area (TPSA) is 46.5 Å². The van der Waals surface area contributed by atoms with E-state index >= 15 is 0 Å². The highest BCUT2D eigenvalue weighted by molar-refractivity contribution is 5.71. The Bertz CT molecular complexity index is 210. The third-order valence-corrected chi connectivity index (χ3v) is 3.83. The van der Waals surface area contributed by atoms with E-state index in [1.165, 1.54) is 19.3 Å². The molecule has 1 aliphatic heterocycles. The first-order valence-corrected chi connectivity index (χ1v) is 5.55. The third kappa shape index (κ3) is 1.65. The van der Waals surface area contributed by atoms with E-state index in [-0.39, 0.29) is 11.3 Å². The van der Waals surface area contributed by atoms with Gasteiger partial charge in [-0.2, -0.15) is 0 Å². The number of carbonyl (C=O) groups is 1. The molecule has 14 heavy (non-hydrogen) atoms. The SMILES string of the molecule is O=C(O)C1CCOCC12CCCCC2. The summed E-state index contributed by atoms with van der Waals surface area (Å²) in [4.78, 5) is 11.2. The zero-order chi connectivity index (χ0) is 10.0. The Morgan fingerprint density at radius 1 is 1.29 bits per heavy atom. The molecule has 1 atom stereocenters. The fourth-order valence-corrected chi connectivity index (χ4v) is 3.02. The van der Waals surface area contributed by atoms with Gasteiger partial charge in [0.2, 0.25) is 0 Å². The van der Waals surface area contributed by atoms with E-state index in [9.17, 15) is 9.90 Å². The van der Waals surface area contributed by atoms with E-state index < -0.39 is 5.97 Å². The summed E-state index contributed by atoms with van der Waals surface area (Å²) in [6.45, 7) is 1.29. The van der Waals surface area contributed by atoms with E-state index in [1.54, 1.807) is 0 Å². The van der Waals surface area contributed by atoms with E-state index in [4.69, 9.17) is 4.74 Å². The van der Waals surface area contributed by atoms with Crippen molar-refractivity contribution in [1.82, 2.24) is 0 Å². The van der Waals surface area contributed by atoms with Crippen molar-refractivity contribution in [2.24, 2.45) is 11.3 Å². The maximum absolute atomic E-state index is 11.2. The zero-order valence-corrected chi connectivity index (χ0v) is 8.50. The first kappa shape index (κ1) is 9.97. The minimum Gasteiger partial charge on any atom is -0.481 e. The Morgan fingerprint density at radius 2 is 2.00 bits per heavy atom. The Balaban J connectivity index is 2.14. The van der Waals surface area contributed by atoms with Gasteiger partial charge in [-0.15, -0.1) is 0 Å². The van der Waals surface area contributed by atoms with Gasteiger partial charge in [0.1, 0.15) is 0 Å². The average molecular weight is 198 g/mol. The molecule has 0 radical (unpaired) electrons. The normalized spacial score (nSPS) is 31.6. The summed E-state index contributed by atoms with van der Waals surface area (Å²) in [5.41, 5.74) is -0.0255. The van der Waals surface area contributed by atoms with Crippen molar-refractivity contribution in [3.05, 3.63) is 0 Å². The number of hydrogen-bond acceptors (Lipinski definition) is 2. The van der Waals surface area contributed by atoms with Crippen LogP contribution in [0.2, 0.25) is 0 Å². The molecule has 2 aliphatic rings. The number of ether oxygens (including phenoxy) is 1. The van der Waals surface area contributed by atoms with E-state index in [1.807, 2.05) is 0 Å². The zero-order valence-electron chi connectivity index (χ0n) is 8.50. The van der Waals surface area contributed by atoms with Crippen LogP contribution in [0, 0.1) is 11.3 Å². The second-order valence-corrected chi connectivity index (χ2v) is 4.66. The van der Waals surface area contributed by atoms with Crippen LogP contribution in [0.15, 0.2) is 0 Å². The van der Waals surface area contributed by atoms with Gasteiger partial charge in [0, 0.05) is 12.0 Å². The molecule has 1 unspecified atom stereocenters. The molecule has 1 N–H and O–H groups in total. The predicted octanol–water partition coefficient (Wildman–Crippen LogP) is 2.06. The molecule has 2 fully saturated rings. The molecule has 3 nitrogen and oxygen atoms in total. The van der Waals surface area contributed by atoms with Crippen LogP contribution in [-0.2, 0) is 9.53 Å². The van der Waals surface area contributed by atoms with Crippen LogP contribution in [-0.4, -0.2) is 24.3 Å². The van der Waals surface area contributed by atoms with Crippen LogP contribution < -0.4 is 0 Å². The smallest absolute Gasteiger partial charge is 0.307 e. The third-order valence-electron chi connectivity index (χ3n) is 3.83. The lowest BCUT2D eigenvalue weighted by molar-refractivity contribution is -0.158. The van der Waals surface area contributed by atoms with E-state index in [0.717, 1.165) is 12.8 Å². The van der Waals surface area contributed by atoms with Crippen molar-refractivity contribution in [1.29, 1.82) is 0 Å². The van der Waals surface area contributed by atoms with Gasteiger partial charge in [-0.05, 0) is 19.3 Å². The maximum Gasteiger partial charge on any atom is 0.307 e. The monoisotopic (exact) mass is 198 g/mol. The van der Waals surface area contributed by atoms with Gasteiger partial charge in [-0.3, -0.25) is 4.79 Å². The Kier molecular flexibility index (Phi) is 2.77. The first-order valence-electron chi connectivity index (χ1n) is 5.55. The second kappa shape index (κ2) is 3.89. The molecule has 80 valence electrons.